The number of thioether (sulfide) groups is 1. The van der Waals surface area contributed by atoms with Crippen molar-refractivity contribution in [2.45, 2.75) is 43.8 Å². The van der Waals surface area contributed by atoms with Gasteiger partial charge in [-0.25, -0.2) is 4.79 Å². The lowest BCUT2D eigenvalue weighted by molar-refractivity contribution is -0.142. The Balaban J connectivity index is 2.23. The van der Waals surface area contributed by atoms with Gasteiger partial charge < -0.3 is 31.9 Å². The van der Waals surface area contributed by atoms with Crippen molar-refractivity contribution in [3.63, 3.8) is 0 Å². The summed E-state index contributed by atoms with van der Waals surface area (Å²) in [6.07, 6.45) is 2.37. The van der Waals surface area contributed by atoms with Crippen LogP contribution in [0, 0.1) is 0 Å². The number of nitrogens with two attached hydrogens (primary N) is 1. The molecule has 0 aliphatic heterocycles. The molecule has 200 valence electrons. The topological polar surface area (TPSA) is 171 Å². The molecule has 0 spiro atoms. The highest BCUT2D eigenvalue weighted by Crippen LogP contribution is 2.13. The SMILES string of the molecule is CSCC[C@H](NC(=O)CCN)C(=O)N[C@@H](Cc1ccc(O)cc1)C(=O)N[C@@H](Cc1ccccc1)C(=O)O. The second kappa shape index (κ2) is 15.5. The minimum atomic E-state index is -1.22. The summed E-state index contributed by atoms with van der Waals surface area (Å²) in [4.78, 5) is 50.4. The maximum atomic E-state index is 13.3. The van der Waals surface area contributed by atoms with Crippen LogP contribution in [-0.4, -0.2) is 70.6 Å². The van der Waals surface area contributed by atoms with E-state index in [9.17, 15) is 29.4 Å². The van der Waals surface area contributed by atoms with Gasteiger partial charge in [-0.1, -0.05) is 42.5 Å². The molecular weight excluding hydrogens is 496 g/mol. The molecule has 3 amide bonds. The van der Waals surface area contributed by atoms with Crippen molar-refractivity contribution >= 4 is 35.5 Å². The molecule has 0 saturated heterocycles. The fourth-order valence-corrected chi connectivity index (χ4v) is 4.05. The Hall–Kier alpha value is -3.57. The Morgan fingerprint density at radius 3 is 2.00 bits per heavy atom. The number of carbonyl (C=O) groups excluding carboxylic acids is 3. The van der Waals surface area contributed by atoms with Crippen LogP contribution in [0.5, 0.6) is 5.75 Å². The number of hydrogen-bond donors (Lipinski definition) is 6. The number of aromatic hydroxyl groups is 1. The third-order valence-corrected chi connectivity index (χ3v) is 6.18. The quantitative estimate of drug-likeness (QED) is 0.196. The zero-order chi connectivity index (χ0) is 27.2. The minimum Gasteiger partial charge on any atom is -0.508 e. The lowest BCUT2D eigenvalue weighted by atomic mass is 10.0. The van der Waals surface area contributed by atoms with Crippen molar-refractivity contribution in [1.29, 1.82) is 0 Å². The normalized spacial score (nSPS) is 13.1. The molecule has 0 saturated carbocycles. The van der Waals surface area contributed by atoms with E-state index in [0.29, 0.717) is 17.7 Å². The number of carboxylic acids is 1. The smallest absolute Gasteiger partial charge is 0.326 e. The van der Waals surface area contributed by atoms with E-state index in [4.69, 9.17) is 5.73 Å². The van der Waals surface area contributed by atoms with Gasteiger partial charge in [0.2, 0.25) is 17.7 Å². The molecule has 2 aromatic rings. The molecule has 0 aromatic heterocycles. The number of phenols is 1. The Morgan fingerprint density at radius 2 is 1.41 bits per heavy atom. The first-order valence-corrected chi connectivity index (χ1v) is 13.3. The second-order valence-corrected chi connectivity index (χ2v) is 9.45. The summed E-state index contributed by atoms with van der Waals surface area (Å²) in [5.41, 5.74) is 6.81. The van der Waals surface area contributed by atoms with Crippen molar-refractivity contribution in [3.05, 3.63) is 65.7 Å². The van der Waals surface area contributed by atoms with Crippen LogP contribution in [0.15, 0.2) is 54.6 Å². The van der Waals surface area contributed by atoms with Crippen molar-refractivity contribution < 1.29 is 29.4 Å². The van der Waals surface area contributed by atoms with E-state index in [0.717, 1.165) is 5.56 Å². The average molecular weight is 531 g/mol. The summed E-state index contributed by atoms with van der Waals surface area (Å²) in [5, 5.41) is 27.2. The summed E-state index contributed by atoms with van der Waals surface area (Å²) in [6, 6.07) is 11.8. The van der Waals surface area contributed by atoms with E-state index in [1.807, 2.05) is 6.26 Å². The van der Waals surface area contributed by atoms with E-state index in [-0.39, 0.29) is 37.5 Å². The molecule has 2 rings (SSSR count). The van der Waals surface area contributed by atoms with Crippen LogP contribution in [-0.2, 0) is 32.0 Å². The van der Waals surface area contributed by atoms with Gasteiger partial charge in [0, 0.05) is 25.8 Å². The third-order valence-electron chi connectivity index (χ3n) is 5.54. The predicted octanol–water partition coefficient (Wildman–Crippen LogP) is 0.818. The highest BCUT2D eigenvalue weighted by Gasteiger charge is 2.29. The Morgan fingerprint density at radius 1 is 0.838 bits per heavy atom. The van der Waals surface area contributed by atoms with Gasteiger partial charge in [-0.3, -0.25) is 14.4 Å². The van der Waals surface area contributed by atoms with Crippen molar-refractivity contribution in [2.75, 3.05) is 18.6 Å². The van der Waals surface area contributed by atoms with Crippen LogP contribution in [0.4, 0.5) is 0 Å². The number of hydrogen-bond acceptors (Lipinski definition) is 7. The fourth-order valence-electron chi connectivity index (χ4n) is 3.57. The lowest BCUT2D eigenvalue weighted by Gasteiger charge is -2.25. The number of aliphatic carboxylic acids is 1. The highest BCUT2D eigenvalue weighted by molar-refractivity contribution is 7.98. The molecule has 0 aliphatic rings. The van der Waals surface area contributed by atoms with E-state index in [1.54, 1.807) is 42.5 Å². The Kier molecular flexibility index (Phi) is 12.4. The first-order chi connectivity index (χ1) is 17.7. The monoisotopic (exact) mass is 530 g/mol. The molecule has 7 N–H and O–H groups in total. The number of benzene rings is 2. The molecule has 2 aromatic carbocycles. The van der Waals surface area contributed by atoms with Gasteiger partial charge in [0.1, 0.15) is 23.9 Å². The summed E-state index contributed by atoms with van der Waals surface area (Å²) in [7, 11) is 0. The van der Waals surface area contributed by atoms with Crippen LogP contribution in [0.1, 0.15) is 24.0 Å². The standard InChI is InChI=1S/C26H34N4O6S/c1-37-14-12-20(28-23(32)11-13-27)24(33)29-21(15-18-7-9-19(31)10-8-18)25(34)30-22(26(35)36)16-17-5-3-2-4-6-17/h2-10,20-22,31H,11-16,27H2,1H3,(H,28,32)(H,29,33)(H,30,34)(H,35,36)/t20-,21-,22-/m0/s1. The predicted molar refractivity (Wildman–Crippen MR) is 142 cm³/mol. The summed E-state index contributed by atoms with van der Waals surface area (Å²) < 4.78 is 0. The average Bonchev–Trinajstić information content (AvgIpc) is 2.87. The Labute approximate surface area is 220 Å². The molecule has 0 radical (unpaired) electrons. The first kappa shape index (κ1) is 29.7. The molecular formula is C26H34N4O6S. The maximum absolute atomic E-state index is 13.3. The van der Waals surface area contributed by atoms with E-state index in [1.165, 1.54) is 23.9 Å². The minimum absolute atomic E-state index is 0.0432. The van der Waals surface area contributed by atoms with Crippen LogP contribution in [0.3, 0.4) is 0 Å². The first-order valence-electron chi connectivity index (χ1n) is 11.9. The van der Waals surface area contributed by atoms with Gasteiger partial charge in [0.05, 0.1) is 0 Å². The molecule has 0 heterocycles. The molecule has 37 heavy (non-hydrogen) atoms. The number of phenolic OH excluding ortho intramolecular Hbond substituents is 1. The van der Waals surface area contributed by atoms with Gasteiger partial charge in [-0.15, -0.1) is 0 Å². The zero-order valence-corrected chi connectivity index (χ0v) is 21.5. The van der Waals surface area contributed by atoms with E-state index < -0.39 is 35.9 Å². The molecule has 3 atom stereocenters. The highest BCUT2D eigenvalue weighted by atomic mass is 32.2. The molecule has 0 aliphatic carbocycles. The number of rotatable bonds is 15. The Bertz CT molecular complexity index is 1040. The van der Waals surface area contributed by atoms with E-state index >= 15 is 0 Å². The molecule has 0 unspecified atom stereocenters. The van der Waals surface area contributed by atoms with Gasteiger partial charge in [0.15, 0.2) is 0 Å². The summed E-state index contributed by atoms with van der Waals surface area (Å²) in [6.45, 7) is 0.132. The van der Waals surface area contributed by atoms with Crippen LogP contribution < -0.4 is 21.7 Å². The lowest BCUT2D eigenvalue weighted by Crippen LogP contribution is -2.56. The third kappa shape index (κ3) is 10.5. The maximum Gasteiger partial charge on any atom is 0.326 e. The number of carbonyl (C=O) groups is 4. The molecule has 10 nitrogen and oxygen atoms in total. The number of carboxylic acid groups (broad SMARTS) is 1. The van der Waals surface area contributed by atoms with Crippen LogP contribution in [0.25, 0.3) is 0 Å². The molecule has 0 bridgehead atoms. The largest absolute Gasteiger partial charge is 0.508 e. The fraction of sp³-hybridized carbons (Fsp3) is 0.385. The summed E-state index contributed by atoms with van der Waals surface area (Å²) in [5.74, 6) is -2.19. The van der Waals surface area contributed by atoms with Crippen LogP contribution >= 0.6 is 11.8 Å². The second-order valence-electron chi connectivity index (χ2n) is 8.46. The summed E-state index contributed by atoms with van der Waals surface area (Å²) >= 11 is 1.51. The molecule has 11 heteroatoms. The van der Waals surface area contributed by atoms with Gasteiger partial charge in [-0.05, 0) is 41.7 Å². The van der Waals surface area contributed by atoms with Crippen molar-refractivity contribution in [2.24, 2.45) is 5.73 Å². The van der Waals surface area contributed by atoms with Gasteiger partial charge in [-0.2, -0.15) is 11.8 Å². The number of amides is 3. The number of nitrogens with one attached hydrogen (secondary N) is 3. The van der Waals surface area contributed by atoms with E-state index in [2.05, 4.69) is 16.0 Å². The van der Waals surface area contributed by atoms with Crippen molar-refractivity contribution in [1.82, 2.24) is 16.0 Å². The van der Waals surface area contributed by atoms with Crippen molar-refractivity contribution in [3.8, 4) is 5.75 Å². The van der Waals surface area contributed by atoms with Crippen LogP contribution in [0.2, 0.25) is 0 Å². The van der Waals surface area contributed by atoms with Gasteiger partial charge in [0.25, 0.3) is 0 Å². The van der Waals surface area contributed by atoms with Gasteiger partial charge >= 0.3 is 5.97 Å². The molecule has 0 fully saturated rings. The zero-order valence-electron chi connectivity index (χ0n) is 20.7.